The second kappa shape index (κ2) is 5.71. The Kier molecular flexibility index (Phi) is 3.76. The molecule has 2 aliphatic heterocycles. The highest BCUT2D eigenvalue weighted by Crippen LogP contribution is 2.26. The van der Waals surface area contributed by atoms with Crippen LogP contribution in [0, 0.1) is 5.92 Å². The summed E-state index contributed by atoms with van der Waals surface area (Å²) in [6, 6.07) is 0.428. The molecular weight excluding hydrogens is 274 g/mol. The molecule has 8 heteroatoms. The smallest absolute Gasteiger partial charge is 0.324 e. The van der Waals surface area contributed by atoms with Gasteiger partial charge in [-0.3, -0.25) is 4.79 Å². The minimum Gasteiger partial charge on any atom is -0.467 e. The van der Waals surface area contributed by atoms with Crippen molar-refractivity contribution >= 4 is 11.9 Å². The number of rotatable bonds is 4. The second-order valence-electron chi connectivity index (χ2n) is 5.24. The van der Waals surface area contributed by atoms with Crippen LogP contribution < -0.4 is 14.4 Å². The first kappa shape index (κ1) is 13.8. The number of hydrogen-bond donors (Lipinski definition) is 0. The normalized spacial score (nSPS) is 18.6. The van der Waals surface area contributed by atoms with Gasteiger partial charge in [-0.15, -0.1) is 4.98 Å². The first-order chi connectivity index (χ1) is 10.2. The summed E-state index contributed by atoms with van der Waals surface area (Å²) in [5.74, 6) is 0.776. The van der Waals surface area contributed by atoms with Crippen LogP contribution in [-0.4, -0.2) is 66.2 Å². The summed E-state index contributed by atoms with van der Waals surface area (Å²) in [5, 5.41) is 0. The van der Waals surface area contributed by atoms with Crippen molar-refractivity contribution in [1.82, 2.24) is 19.9 Å². The van der Waals surface area contributed by atoms with Crippen LogP contribution in [0.1, 0.15) is 12.8 Å². The van der Waals surface area contributed by atoms with E-state index in [0.717, 1.165) is 25.9 Å². The van der Waals surface area contributed by atoms with Gasteiger partial charge >= 0.3 is 12.0 Å². The van der Waals surface area contributed by atoms with Gasteiger partial charge in [-0.1, -0.05) is 0 Å². The number of likely N-dealkylation sites (tertiary alicyclic amines) is 1. The lowest BCUT2D eigenvalue weighted by molar-refractivity contribution is -0.135. The first-order valence-corrected chi connectivity index (χ1v) is 7.09. The van der Waals surface area contributed by atoms with Gasteiger partial charge in [0.25, 0.3) is 0 Å². The Morgan fingerprint density at radius 3 is 2.14 bits per heavy atom. The number of methoxy groups -OCH3 is 2. The minimum absolute atomic E-state index is 0.0388. The third-order valence-electron chi connectivity index (χ3n) is 3.88. The Balaban J connectivity index is 1.64. The van der Waals surface area contributed by atoms with Crippen molar-refractivity contribution in [2.45, 2.75) is 12.8 Å². The number of carbonyl (C=O) groups excluding carboxylic acids is 1. The van der Waals surface area contributed by atoms with Crippen molar-refractivity contribution < 1.29 is 14.3 Å². The fraction of sp³-hybridized carbons (Fsp3) is 0.692. The molecule has 1 amide bonds. The van der Waals surface area contributed by atoms with Gasteiger partial charge in [0.05, 0.1) is 20.1 Å². The molecule has 2 fully saturated rings. The minimum atomic E-state index is 0.0388. The lowest BCUT2D eigenvalue weighted by atomic mass is 9.99. The number of ether oxygens (including phenoxy) is 2. The van der Waals surface area contributed by atoms with Crippen molar-refractivity contribution in [2.24, 2.45) is 5.92 Å². The maximum atomic E-state index is 12.2. The van der Waals surface area contributed by atoms with Crippen molar-refractivity contribution in [3.05, 3.63) is 0 Å². The van der Waals surface area contributed by atoms with E-state index in [0.29, 0.717) is 19.0 Å². The molecule has 114 valence electrons. The summed E-state index contributed by atoms with van der Waals surface area (Å²) < 4.78 is 10.1. The third-order valence-corrected chi connectivity index (χ3v) is 3.88. The van der Waals surface area contributed by atoms with E-state index < -0.39 is 0 Å². The Morgan fingerprint density at radius 1 is 1.05 bits per heavy atom. The third kappa shape index (κ3) is 2.70. The van der Waals surface area contributed by atoms with Crippen molar-refractivity contribution in [1.29, 1.82) is 0 Å². The van der Waals surface area contributed by atoms with E-state index in [1.807, 2.05) is 9.80 Å². The standard InChI is InChI=1S/C13H19N5O3/c1-20-12-14-11(15-13(16-12)21-2)18-7-9(8-18)10(19)17-5-3-4-6-17/h9H,3-8H2,1-2H3. The quantitative estimate of drug-likeness (QED) is 0.769. The van der Waals surface area contributed by atoms with Crippen molar-refractivity contribution in [3.63, 3.8) is 0 Å². The molecule has 3 heterocycles. The first-order valence-electron chi connectivity index (χ1n) is 7.09. The number of carbonyl (C=O) groups is 1. The fourth-order valence-electron chi connectivity index (χ4n) is 2.65. The summed E-state index contributed by atoms with van der Waals surface area (Å²) in [4.78, 5) is 28.5. The highest BCUT2D eigenvalue weighted by Gasteiger charge is 2.37. The molecule has 0 aliphatic carbocycles. The maximum absolute atomic E-state index is 12.2. The molecule has 0 bridgehead atoms. The van der Waals surface area contributed by atoms with E-state index in [4.69, 9.17) is 9.47 Å². The molecule has 2 saturated heterocycles. The molecule has 2 aliphatic rings. The predicted octanol–water partition coefficient (Wildman–Crippen LogP) is -0.0526. The molecule has 1 aromatic rings. The van der Waals surface area contributed by atoms with Crippen LogP contribution in [0.2, 0.25) is 0 Å². The fourth-order valence-corrected chi connectivity index (χ4v) is 2.65. The van der Waals surface area contributed by atoms with Gasteiger partial charge in [0.2, 0.25) is 11.9 Å². The molecule has 3 rings (SSSR count). The summed E-state index contributed by atoms with van der Waals surface area (Å²) in [5.41, 5.74) is 0. The number of nitrogens with zero attached hydrogens (tertiary/aromatic N) is 5. The summed E-state index contributed by atoms with van der Waals surface area (Å²) in [6.45, 7) is 3.04. The molecule has 0 saturated carbocycles. The number of anilines is 1. The number of amides is 1. The molecule has 0 aromatic carbocycles. The Morgan fingerprint density at radius 2 is 1.62 bits per heavy atom. The molecule has 0 radical (unpaired) electrons. The van der Waals surface area contributed by atoms with Crippen LogP contribution >= 0.6 is 0 Å². The molecular formula is C13H19N5O3. The maximum Gasteiger partial charge on any atom is 0.324 e. The zero-order valence-electron chi connectivity index (χ0n) is 12.3. The van der Waals surface area contributed by atoms with E-state index >= 15 is 0 Å². The molecule has 8 nitrogen and oxygen atoms in total. The lowest BCUT2D eigenvalue weighted by Gasteiger charge is -2.39. The summed E-state index contributed by atoms with van der Waals surface area (Å²) >= 11 is 0. The second-order valence-corrected chi connectivity index (χ2v) is 5.24. The zero-order chi connectivity index (χ0) is 14.8. The Labute approximate surface area is 123 Å². The molecule has 1 aromatic heterocycles. The zero-order valence-corrected chi connectivity index (χ0v) is 12.3. The number of hydrogen-bond acceptors (Lipinski definition) is 7. The largest absolute Gasteiger partial charge is 0.467 e. The van der Waals surface area contributed by atoms with E-state index in [-0.39, 0.29) is 23.8 Å². The van der Waals surface area contributed by atoms with Gasteiger partial charge in [0.1, 0.15) is 0 Å². The van der Waals surface area contributed by atoms with Crippen LogP contribution in [0.25, 0.3) is 0 Å². The van der Waals surface area contributed by atoms with Gasteiger partial charge in [0.15, 0.2) is 0 Å². The molecule has 0 atom stereocenters. The topological polar surface area (TPSA) is 80.7 Å². The van der Waals surface area contributed by atoms with Gasteiger partial charge in [-0.05, 0) is 12.8 Å². The van der Waals surface area contributed by atoms with Gasteiger partial charge in [-0.2, -0.15) is 9.97 Å². The average molecular weight is 293 g/mol. The molecule has 21 heavy (non-hydrogen) atoms. The van der Waals surface area contributed by atoms with E-state index in [1.54, 1.807) is 0 Å². The monoisotopic (exact) mass is 293 g/mol. The van der Waals surface area contributed by atoms with Crippen LogP contribution in [0.4, 0.5) is 5.95 Å². The van der Waals surface area contributed by atoms with Crippen LogP contribution in [0.5, 0.6) is 12.0 Å². The molecule has 0 spiro atoms. The van der Waals surface area contributed by atoms with Crippen molar-refractivity contribution in [3.8, 4) is 12.0 Å². The van der Waals surface area contributed by atoms with Gasteiger partial charge in [0, 0.05) is 26.2 Å². The predicted molar refractivity (Wildman–Crippen MR) is 74.4 cm³/mol. The number of aromatic nitrogens is 3. The SMILES string of the molecule is COc1nc(OC)nc(N2CC(C(=O)N3CCCC3)C2)n1. The van der Waals surface area contributed by atoms with Crippen molar-refractivity contribution in [2.75, 3.05) is 45.3 Å². The average Bonchev–Trinajstić information content (AvgIpc) is 2.99. The van der Waals surface area contributed by atoms with Crippen LogP contribution in [0.15, 0.2) is 0 Å². The van der Waals surface area contributed by atoms with E-state index in [1.165, 1.54) is 14.2 Å². The van der Waals surface area contributed by atoms with Crippen LogP contribution in [-0.2, 0) is 4.79 Å². The summed E-state index contributed by atoms with van der Waals surface area (Å²) in [7, 11) is 2.99. The lowest BCUT2D eigenvalue weighted by Crippen LogP contribution is -2.54. The van der Waals surface area contributed by atoms with E-state index in [2.05, 4.69) is 15.0 Å². The van der Waals surface area contributed by atoms with Gasteiger partial charge in [-0.25, -0.2) is 0 Å². The van der Waals surface area contributed by atoms with Crippen LogP contribution in [0.3, 0.4) is 0 Å². The Bertz CT molecular complexity index is 504. The van der Waals surface area contributed by atoms with E-state index in [9.17, 15) is 4.79 Å². The highest BCUT2D eigenvalue weighted by molar-refractivity contribution is 5.82. The summed E-state index contributed by atoms with van der Waals surface area (Å²) in [6.07, 6.45) is 2.23. The van der Waals surface area contributed by atoms with Gasteiger partial charge < -0.3 is 19.3 Å². The molecule has 0 N–H and O–H groups in total. The highest BCUT2D eigenvalue weighted by atomic mass is 16.5. The Hall–Kier alpha value is -2.12. The molecule has 0 unspecified atom stereocenters.